The fourth-order valence-electron chi connectivity index (χ4n) is 4.75. The number of likely N-dealkylation sites (N-methyl/N-ethyl adjacent to an activating group) is 1. The van der Waals surface area contributed by atoms with Gasteiger partial charge in [-0.3, -0.25) is 19.2 Å². The number of rotatable bonds is 6. The summed E-state index contributed by atoms with van der Waals surface area (Å²) in [6.45, 7) is 4.73. The Kier molecular flexibility index (Phi) is 6.56. The van der Waals surface area contributed by atoms with E-state index in [1.165, 1.54) is 0 Å². The van der Waals surface area contributed by atoms with Crippen LogP contribution < -0.4 is 10.1 Å². The molecule has 0 aliphatic carbocycles. The summed E-state index contributed by atoms with van der Waals surface area (Å²) in [5.41, 5.74) is 0.640. The van der Waals surface area contributed by atoms with Crippen LogP contribution in [0.3, 0.4) is 0 Å². The Morgan fingerprint density at radius 2 is 1.90 bits per heavy atom. The minimum atomic E-state index is -0.201. The topological polar surface area (TPSA) is 79.7 Å². The fourth-order valence-corrected chi connectivity index (χ4v) is 4.75. The van der Waals surface area contributed by atoms with Gasteiger partial charge in [0.1, 0.15) is 17.5 Å². The summed E-state index contributed by atoms with van der Waals surface area (Å²) in [5.74, 6) is 0.898. The highest BCUT2D eigenvalue weighted by Crippen LogP contribution is 2.29. The van der Waals surface area contributed by atoms with Gasteiger partial charge in [0.25, 0.3) is 5.91 Å². The normalized spacial score (nSPS) is 22.5. The third-order valence-electron chi connectivity index (χ3n) is 6.35. The van der Waals surface area contributed by atoms with Gasteiger partial charge < -0.3 is 15.0 Å². The van der Waals surface area contributed by atoms with Crippen LogP contribution in [0.5, 0.6) is 5.75 Å². The second kappa shape index (κ2) is 9.51. The summed E-state index contributed by atoms with van der Waals surface area (Å²) in [6.07, 6.45) is 4.01. The van der Waals surface area contributed by atoms with Crippen molar-refractivity contribution in [3.63, 3.8) is 0 Å². The molecule has 1 aromatic heterocycles. The largest absolute Gasteiger partial charge is 0.489 e. The minimum Gasteiger partial charge on any atom is -0.489 e. The maximum atomic E-state index is 12.9. The van der Waals surface area contributed by atoms with E-state index in [0.717, 1.165) is 18.6 Å². The monoisotopic (exact) mass is 425 g/mol. The van der Waals surface area contributed by atoms with E-state index < -0.39 is 0 Å². The van der Waals surface area contributed by atoms with Crippen LogP contribution in [0.4, 0.5) is 0 Å². The van der Waals surface area contributed by atoms with Crippen molar-refractivity contribution >= 4 is 11.8 Å². The van der Waals surface area contributed by atoms with E-state index in [1.807, 2.05) is 42.2 Å². The number of para-hydroxylation sites is 1. The van der Waals surface area contributed by atoms with Crippen LogP contribution in [0.2, 0.25) is 0 Å². The molecule has 0 bridgehead atoms. The molecule has 8 nitrogen and oxygen atoms in total. The van der Waals surface area contributed by atoms with Crippen molar-refractivity contribution in [1.82, 2.24) is 24.9 Å². The molecule has 2 fully saturated rings. The lowest BCUT2D eigenvalue weighted by Gasteiger charge is -2.38. The van der Waals surface area contributed by atoms with Gasteiger partial charge in [-0.1, -0.05) is 18.2 Å². The number of amides is 2. The molecule has 3 heterocycles. The number of nitrogens with one attached hydrogen (secondary N) is 1. The Morgan fingerprint density at radius 1 is 1.16 bits per heavy atom. The number of aryl methyl sites for hydroxylation is 1. The Morgan fingerprint density at radius 3 is 2.58 bits per heavy atom. The molecule has 2 aliphatic heterocycles. The van der Waals surface area contributed by atoms with E-state index in [4.69, 9.17) is 4.74 Å². The first-order valence-electron chi connectivity index (χ1n) is 11.1. The van der Waals surface area contributed by atoms with Crippen LogP contribution in [-0.2, 0) is 11.3 Å². The minimum absolute atomic E-state index is 0.0248. The predicted octanol–water partition coefficient (Wildman–Crippen LogP) is 1.78. The van der Waals surface area contributed by atoms with Crippen LogP contribution in [0.1, 0.15) is 36.7 Å². The van der Waals surface area contributed by atoms with Crippen LogP contribution >= 0.6 is 0 Å². The van der Waals surface area contributed by atoms with Crippen molar-refractivity contribution in [2.45, 2.75) is 50.9 Å². The zero-order chi connectivity index (χ0) is 21.8. The zero-order valence-electron chi connectivity index (χ0n) is 18.2. The van der Waals surface area contributed by atoms with E-state index in [9.17, 15) is 9.59 Å². The number of ether oxygens (including phenoxy) is 1. The van der Waals surface area contributed by atoms with Crippen molar-refractivity contribution < 1.29 is 14.3 Å². The number of aromatic nitrogens is 2. The number of carbonyl (C=O) groups excluding carboxylic acids is 2. The molecule has 2 saturated heterocycles. The second-order valence-electron chi connectivity index (χ2n) is 8.17. The van der Waals surface area contributed by atoms with Crippen molar-refractivity contribution in [2.75, 3.05) is 26.7 Å². The fraction of sp³-hybridized carbons (Fsp3) is 0.522. The Bertz CT molecular complexity index is 892. The Balaban J connectivity index is 1.39. The molecule has 2 atom stereocenters. The highest BCUT2D eigenvalue weighted by Gasteiger charge is 2.42. The van der Waals surface area contributed by atoms with Gasteiger partial charge in [-0.05, 0) is 38.0 Å². The first-order valence-corrected chi connectivity index (χ1v) is 11.1. The Labute approximate surface area is 183 Å². The molecule has 0 spiro atoms. The van der Waals surface area contributed by atoms with E-state index in [0.29, 0.717) is 38.3 Å². The SMILES string of the molecule is CCn1nccc1C(=O)N1CCC(N2C[C@@H](Oc3ccccc3)C[C@H]2C(=O)NC)CC1. The van der Waals surface area contributed by atoms with Crippen molar-refractivity contribution in [2.24, 2.45) is 0 Å². The number of piperidine rings is 1. The number of benzene rings is 1. The lowest BCUT2D eigenvalue weighted by Crippen LogP contribution is -2.52. The number of likely N-dealkylation sites (tertiary alicyclic amines) is 2. The lowest BCUT2D eigenvalue weighted by molar-refractivity contribution is -0.126. The summed E-state index contributed by atoms with van der Waals surface area (Å²) in [6, 6.07) is 11.6. The molecule has 0 radical (unpaired) electrons. The molecule has 0 unspecified atom stereocenters. The molecular weight excluding hydrogens is 394 g/mol. The van der Waals surface area contributed by atoms with E-state index in [1.54, 1.807) is 24.0 Å². The van der Waals surface area contributed by atoms with Crippen molar-refractivity contribution in [1.29, 1.82) is 0 Å². The number of nitrogens with zero attached hydrogens (tertiary/aromatic N) is 4. The third-order valence-corrected chi connectivity index (χ3v) is 6.35. The van der Waals surface area contributed by atoms with Gasteiger partial charge in [0.2, 0.25) is 5.91 Å². The van der Waals surface area contributed by atoms with Crippen LogP contribution in [-0.4, -0.2) is 76.3 Å². The maximum Gasteiger partial charge on any atom is 0.272 e. The number of hydrogen-bond donors (Lipinski definition) is 1. The molecule has 1 aromatic carbocycles. The molecule has 2 amide bonds. The Hall–Kier alpha value is -2.87. The average Bonchev–Trinajstić information content (AvgIpc) is 3.46. The van der Waals surface area contributed by atoms with Crippen LogP contribution in [0.25, 0.3) is 0 Å². The van der Waals surface area contributed by atoms with Gasteiger partial charge in [-0.2, -0.15) is 5.10 Å². The van der Waals surface area contributed by atoms with Crippen molar-refractivity contribution in [3.8, 4) is 5.75 Å². The average molecular weight is 426 g/mol. The molecule has 31 heavy (non-hydrogen) atoms. The molecule has 166 valence electrons. The highest BCUT2D eigenvalue weighted by molar-refractivity contribution is 5.92. The van der Waals surface area contributed by atoms with Crippen LogP contribution in [0, 0.1) is 0 Å². The van der Waals surface area contributed by atoms with E-state index in [-0.39, 0.29) is 30.0 Å². The summed E-state index contributed by atoms with van der Waals surface area (Å²) in [4.78, 5) is 29.7. The predicted molar refractivity (Wildman–Crippen MR) is 117 cm³/mol. The summed E-state index contributed by atoms with van der Waals surface area (Å²) < 4.78 is 7.90. The quantitative estimate of drug-likeness (QED) is 0.763. The van der Waals surface area contributed by atoms with E-state index in [2.05, 4.69) is 15.3 Å². The standard InChI is InChI=1S/C23H31N5O3/c1-3-28-20(9-12-25-28)23(30)26-13-10-17(11-14-26)27-16-19(15-21(27)22(29)24-2)31-18-7-5-4-6-8-18/h4-9,12,17,19,21H,3,10-11,13-16H2,1-2H3,(H,24,29)/t19-,21-/m0/s1. The summed E-state index contributed by atoms with van der Waals surface area (Å²) in [7, 11) is 1.68. The van der Waals surface area contributed by atoms with Gasteiger partial charge in [0.15, 0.2) is 0 Å². The molecule has 0 saturated carbocycles. The van der Waals surface area contributed by atoms with Crippen LogP contribution in [0.15, 0.2) is 42.6 Å². The third kappa shape index (κ3) is 4.58. The molecule has 1 N–H and O–H groups in total. The van der Waals surface area contributed by atoms with Crippen molar-refractivity contribution in [3.05, 3.63) is 48.3 Å². The molecule has 8 heteroatoms. The first kappa shape index (κ1) is 21.4. The maximum absolute atomic E-state index is 12.9. The molecule has 4 rings (SSSR count). The van der Waals surface area contributed by atoms with Gasteiger partial charge >= 0.3 is 0 Å². The van der Waals surface area contributed by atoms with Gasteiger partial charge in [0, 0.05) is 51.9 Å². The molecule has 2 aliphatic rings. The summed E-state index contributed by atoms with van der Waals surface area (Å²) in [5, 5.41) is 7.02. The molecule has 2 aromatic rings. The van der Waals surface area contributed by atoms with E-state index >= 15 is 0 Å². The second-order valence-corrected chi connectivity index (χ2v) is 8.17. The first-order chi connectivity index (χ1) is 15.1. The lowest BCUT2D eigenvalue weighted by atomic mass is 10.0. The molecular formula is C23H31N5O3. The number of carbonyl (C=O) groups is 2. The zero-order valence-corrected chi connectivity index (χ0v) is 18.2. The summed E-state index contributed by atoms with van der Waals surface area (Å²) >= 11 is 0. The van der Waals surface area contributed by atoms with Gasteiger partial charge in [-0.15, -0.1) is 0 Å². The number of hydrogen-bond acceptors (Lipinski definition) is 5. The van der Waals surface area contributed by atoms with Gasteiger partial charge in [0.05, 0.1) is 6.04 Å². The smallest absolute Gasteiger partial charge is 0.272 e. The van der Waals surface area contributed by atoms with Gasteiger partial charge in [-0.25, -0.2) is 0 Å². The highest BCUT2D eigenvalue weighted by atomic mass is 16.5.